The lowest BCUT2D eigenvalue weighted by molar-refractivity contribution is 0.244. The molecule has 0 unspecified atom stereocenters. The summed E-state index contributed by atoms with van der Waals surface area (Å²) >= 11 is 1.78. The van der Waals surface area contributed by atoms with E-state index in [-0.39, 0.29) is 37.2 Å². The lowest BCUT2D eigenvalue weighted by Gasteiger charge is -2.30. The second kappa shape index (κ2) is 10.5. The molecule has 0 aromatic carbocycles. The quantitative estimate of drug-likeness (QED) is 0.778. The molecule has 0 saturated carbocycles. The minimum Gasteiger partial charge on any atom is -0.305 e. The van der Waals surface area contributed by atoms with E-state index in [1.807, 2.05) is 12.4 Å². The summed E-state index contributed by atoms with van der Waals surface area (Å²) in [6.45, 7) is 4.22. The highest BCUT2D eigenvalue weighted by atomic mass is 35.5. The summed E-state index contributed by atoms with van der Waals surface area (Å²) in [7, 11) is 4.23. The summed E-state index contributed by atoms with van der Waals surface area (Å²) < 4.78 is 0. The molecule has 0 spiro atoms. The second-order valence-corrected chi connectivity index (χ2v) is 6.55. The molecule has 0 radical (unpaired) electrons. The van der Waals surface area contributed by atoms with Gasteiger partial charge in [0.15, 0.2) is 0 Å². The lowest BCUT2D eigenvalue weighted by atomic mass is 9.96. The van der Waals surface area contributed by atoms with Gasteiger partial charge in [-0.1, -0.05) is 0 Å². The molecule has 2 aromatic heterocycles. The first-order valence-electron chi connectivity index (χ1n) is 7.05. The van der Waals surface area contributed by atoms with Crippen LogP contribution in [0, 0.1) is 0 Å². The molecule has 0 amide bonds. The van der Waals surface area contributed by atoms with Crippen LogP contribution in [0.5, 0.6) is 0 Å². The first-order valence-corrected chi connectivity index (χ1v) is 7.99. The molecule has 0 fully saturated rings. The zero-order chi connectivity index (χ0) is 13.9. The molecular formula is C16H24Cl3N3S. The molecule has 3 nitrogen and oxygen atoms in total. The zero-order valence-electron chi connectivity index (χ0n) is 13.4. The molecule has 0 N–H and O–H groups in total. The lowest BCUT2D eigenvalue weighted by Crippen LogP contribution is -2.31. The molecule has 130 valence electrons. The van der Waals surface area contributed by atoms with E-state index in [1.165, 1.54) is 22.3 Å². The van der Waals surface area contributed by atoms with Gasteiger partial charge in [-0.25, -0.2) is 0 Å². The van der Waals surface area contributed by atoms with Gasteiger partial charge < -0.3 is 4.90 Å². The Labute approximate surface area is 161 Å². The average Bonchev–Trinajstić information content (AvgIpc) is 2.91. The first-order chi connectivity index (χ1) is 9.72. The number of hydrogen-bond acceptors (Lipinski definition) is 4. The van der Waals surface area contributed by atoms with Crippen molar-refractivity contribution in [3.05, 3.63) is 51.5 Å². The van der Waals surface area contributed by atoms with Crippen LogP contribution in [0.25, 0.3) is 0 Å². The van der Waals surface area contributed by atoms with Gasteiger partial charge in [-0.15, -0.1) is 37.2 Å². The van der Waals surface area contributed by atoms with Crippen molar-refractivity contribution in [1.82, 2.24) is 14.8 Å². The van der Waals surface area contributed by atoms with Gasteiger partial charge in [0.05, 0.1) is 0 Å². The molecule has 0 saturated heterocycles. The number of aromatic nitrogens is 1. The number of thiophene rings is 1. The van der Waals surface area contributed by atoms with Crippen molar-refractivity contribution in [2.75, 3.05) is 20.6 Å². The SMILES string of the molecule is CN(C)Cc1cncc2c1CCN(Cc1ccsc1)C2.Cl.Cl.Cl. The van der Waals surface area contributed by atoms with E-state index in [2.05, 4.69) is 45.7 Å². The molecular weight excluding hydrogens is 373 g/mol. The summed E-state index contributed by atoms with van der Waals surface area (Å²) in [5, 5.41) is 4.40. The number of pyridine rings is 1. The van der Waals surface area contributed by atoms with Crippen LogP contribution in [-0.4, -0.2) is 35.4 Å². The Morgan fingerprint density at radius 1 is 1.22 bits per heavy atom. The highest BCUT2D eigenvalue weighted by Crippen LogP contribution is 2.23. The highest BCUT2D eigenvalue weighted by Gasteiger charge is 2.19. The molecule has 1 aliphatic rings. The Balaban J connectivity index is 0.00000161. The third-order valence-corrected chi connectivity index (χ3v) is 4.51. The minimum absolute atomic E-state index is 0. The van der Waals surface area contributed by atoms with Gasteiger partial charge in [0.2, 0.25) is 0 Å². The van der Waals surface area contributed by atoms with Gasteiger partial charge in [-0.3, -0.25) is 9.88 Å². The van der Waals surface area contributed by atoms with Crippen LogP contribution >= 0.6 is 48.6 Å². The molecule has 3 rings (SSSR count). The smallest absolute Gasteiger partial charge is 0.0315 e. The molecule has 2 aromatic rings. The van der Waals surface area contributed by atoms with Crippen molar-refractivity contribution in [3.8, 4) is 0 Å². The number of nitrogens with zero attached hydrogens (tertiary/aromatic N) is 3. The molecule has 1 aliphatic heterocycles. The van der Waals surface area contributed by atoms with Gasteiger partial charge in [-0.05, 0) is 59.6 Å². The molecule has 7 heteroatoms. The third kappa shape index (κ3) is 5.89. The topological polar surface area (TPSA) is 19.4 Å². The predicted octanol–water partition coefficient (Wildman–Crippen LogP) is 4.03. The third-order valence-electron chi connectivity index (χ3n) is 3.78. The number of fused-ring (bicyclic) bond motifs is 1. The van der Waals surface area contributed by atoms with E-state index in [9.17, 15) is 0 Å². The molecule has 3 heterocycles. The summed E-state index contributed by atoms with van der Waals surface area (Å²) in [6, 6.07) is 2.22. The van der Waals surface area contributed by atoms with Gasteiger partial charge in [0.1, 0.15) is 0 Å². The van der Waals surface area contributed by atoms with Gasteiger partial charge >= 0.3 is 0 Å². The van der Waals surface area contributed by atoms with E-state index < -0.39 is 0 Å². The van der Waals surface area contributed by atoms with E-state index in [0.29, 0.717) is 0 Å². The highest BCUT2D eigenvalue weighted by molar-refractivity contribution is 7.07. The Bertz CT molecular complexity index is 576. The maximum Gasteiger partial charge on any atom is 0.0315 e. The summed E-state index contributed by atoms with van der Waals surface area (Å²) in [4.78, 5) is 9.17. The number of hydrogen-bond donors (Lipinski definition) is 0. The largest absolute Gasteiger partial charge is 0.305 e. The van der Waals surface area contributed by atoms with E-state index in [1.54, 1.807) is 11.3 Å². The monoisotopic (exact) mass is 395 g/mol. The first kappa shape index (κ1) is 22.6. The van der Waals surface area contributed by atoms with Gasteiger partial charge in [-0.2, -0.15) is 11.3 Å². The van der Waals surface area contributed by atoms with Crippen LogP contribution in [0.2, 0.25) is 0 Å². The Hall–Kier alpha value is -0.360. The molecule has 0 aliphatic carbocycles. The predicted molar refractivity (Wildman–Crippen MR) is 106 cm³/mol. The van der Waals surface area contributed by atoms with Crippen LogP contribution < -0.4 is 0 Å². The summed E-state index contributed by atoms with van der Waals surface area (Å²) in [6.07, 6.45) is 5.23. The summed E-state index contributed by atoms with van der Waals surface area (Å²) in [5.41, 5.74) is 5.75. The van der Waals surface area contributed by atoms with Crippen LogP contribution in [0.4, 0.5) is 0 Å². The van der Waals surface area contributed by atoms with Crippen molar-refractivity contribution >= 4 is 48.6 Å². The van der Waals surface area contributed by atoms with E-state index >= 15 is 0 Å². The fourth-order valence-corrected chi connectivity index (χ4v) is 3.54. The van der Waals surface area contributed by atoms with Crippen molar-refractivity contribution in [2.24, 2.45) is 0 Å². The van der Waals surface area contributed by atoms with Crippen LogP contribution in [0.15, 0.2) is 29.2 Å². The zero-order valence-corrected chi connectivity index (χ0v) is 16.7. The average molecular weight is 397 g/mol. The van der Waals surface area contributed by atoms with Gasteiger partial charge in [0, 0.05) is 38.6 Å². The fourth-order valence-electron chi connectivity index (χ4n) is 2.88. The van der Waals surface area contributed by atoms with Crippen molar-refractivity contribution in [2.45, 2.75) is 26.1 Å². The molecule has 0 atom stereocenters. The Kier molecular flexibility index (Phi) is 10.3. The van der Waals surface area contributed by atoms with Crippen LogP contribution in [0.1, 0.15) is 22.3 Å². The van der Waals surface area contributed by atoms with Crippen LogP contribution in [0.3, 0.4) is 0 Å². The normalized spacial score (nSPS) is 13.5. The number of rotatable bonds is 4. The van der Waals surface area contributed by atoms with Crippen LogP contribution in [-0.2, 0) is 26.1 Å². The second-order valence-electron chi connectivity index (χ2n) is 5.77. The molecule has 0 bridgehead atoms. The minimum atomic E-state index is 0. The van der Waals surface area contributed by atoms with E-state index in [4.69, 9.17) is 0 Å². The Morgan fingerprint density at radius 2 is 2.00 bits per heavy atom. The van der Waals surface area contributed by atoms with E-state index in [0.717, 1.165) is 32.6 Å². The fraction of sp³-hybridized carbons (Fsp3) is 0.438. The molecule has 23 heavy (non-hydrogen) atoms. The summed E-state index contributed by atoms with van der Waals surface area (Å²) in [5.74, 6) is 0. The van der Waals surface area contributed by atoms with Crippen molar-refractivity contribution in [1.29, 1.82) is 0 Å². The van der Waals surface area contributed by atoms with Gasteiger partial charge in [0.25, 0.3) is 0 Å². The van der Waals surface area contributed by atoms with Crippen molar-refractivity contribution in [3.63, 3.8) is 0 Å². The standard InChI is InChI=1S/C16H21N3S.3ClH/c1-18(2)10-14-7-17-8-15-11-19(5-3-16(14)15)9-13-4-6-20-12-13;;;/h4,6-8,12H,3,5,9-11H2,1-2H3;3*1H. The Morgan fingerprint density at radius 3 is 2.65 bits per heavy atom. The maximum atomic E-state index is 4.43. The maximum absolute atomic E-state index is 4.43. The number of halogens is 3. The van der Waals surface area contributed by atoms with Crippen molar-refractivity contribution < 1.29 is 0 Å².